The minimum atomic E-state index is -0.173. The van der Waals surface area contributed by atoms with Gasteiger partial charge in [0.05, 0.1) is 17.8 Å². The van der Waals surface area contributed by atoms with Gasteiger partial charge in [0.25, 0.3) is 5.56 Å². The summed E-state index contributed by atoms with van der Waals surface area (Å²) in [4.78, 5) is 25.3. The van der Waals surface area contributed by atoms with Crippen molar-refractivity contribution in [2.45, 2.75) is 51.6 Å². The number of fused-ring (bicyclic) bond motifs is 4. The van der Waals surface area contributed by atoms with Crippen LogP contribution in [-0.4, -0.2) is 20.1 Å². The van der Waals surface area contributed by atoms with Crippen LogP contribution in [0.5, 0.6) is 0 Å². The maximum atomic E-state index is 12.8. The van der Waals surface area contributed by atoms with E-state index in [4.69, 9.17) is 4.42 Å². The number of furan rings is 1. The standard InChI is InChI=1S/C23H24N4O3/c1-15-25-26(23(29)20-14-21-19(27(15)20)11-13-30-21)12-5-10-22(28)24-18-9-4-7-16-6-2-3-8-17(16)18/h2-3,6,8,11,13-14,18H,4-5,7,9-10,12H2,1H3,(H,24,28)/t18-/m0/s1. The molecule has 0 saturated carbocycles. The lowest BCUT2D eigenvalue weighted by atomic mass is 9.87. The lowest BCUT2D eigenvalue weighted by Crippen LogP contribution is -2.31. The summed E-state index contributed by atoms with van der Waals surface area (Å²) in [5.41, 5.74) is 4.43. The number of nitrogens with one attached hydrogen (secondary N) is 1. The van der Waals surface area contributed by atoms with E-state index in [9.17, 15) is 9.59 Å². The molecule has 1 amide bonds. The highest BCUT2D eigenvalue weighted by Gasteiger charge is 2.21. The van der Waals surface area contributed by atoms with Gasteiger partial charge in [-0.25, -0.2) is 4.68 Å². The van der Waals surface area contributed by atoms with Crippen LogP contribution in [-0.2, 0) is 17.8 Å². The number of aromatic nitrogens is 3. The Bertz CT molecular complexity index is 1300. The summed E-state index contributed by atoms with van der Waals surface area (Å²) in [6.45, 7) is 2.26. The third kappa shape index (κ3) is 3.20. The van der Waals surface area contributed by atoms with Crippen molar-refractivity contribution < 1.29 is 9.21 Å². The molecule has 1 aliphatic carbocycles. The molecule has 0 fully saturated rings. The number of carbonyl (C=O) groups is 1. The second-order valence-corrected chi connectivity index (χ2v) is 7.93. The molecular formula is C23H24N4O3. The molecule has 1 atom stereocenters. The topological polar surface area (TPSA) is 81.5 Å². The van der Waals surface area contributed by atoms with Crippen molar-refractivity contribution in [1.29, 1.82) is 0 Å². The molecule has 0 spiro atoms. The van der Waals surface area contributed by atoms with Crippen LogP contribution >= 0.6 is 0 Å². The highest BCUT2D eigenvalue weighted by atomic mass is 16.3. The maximum absolute atomic E-state index is 12.8. The minimum absolute atomic E-state index is 0.0164. The summed E-state index contributed by atoms with van der Waals surface area (Å²) in [7, 11) is 0. The van der Waals surface area contributed by atoms with Crippen LogP contribution in [0.15, 0.2) is 51.9 Å². The van der Waals surface area contributed by atoms with Gasteiger partial charge in [-0.2, -0.15) is 5.10 Å². The molecule has 0 radical (unpaired) electrons. The molecule has 7 heteroatoms. The summed E-state index contributed by atoms with van der Waals surface area (Å²) in [6, 6.07) is 12.0. The Labute approximate surface area is 173 Å². The van der Waals surface area contributed by atoms with Crippen LogP contribution in [0.1, 0.15) is 48.7 Å². The molecule has 5 rings (SSSR count). The molecule has 0 unspecified atom stereocenters. The van der Waals surface area contributed by atoms with Crippen molar-refractivity contribution in [1.82, 2.24) is 19.5 Å². The molecular weight excluding hydrogens is 380 g/mol. The Morgan fingerprint density at radius 3 is 3.03 bits per heavy atom. The molecule has 0 aliphatic heterocycles. The van der Waals surface area contributed by atoms with E-state index in [1.165, 1.54) is 15.8 Å². The van der Waals surface area contributed by atoms with Gasteiger partial charge in [-0.05, 0) is 43.7 Å². The fourth-order valence-electron chi connectivity index (χ4n) is 4.54. The molecule has 0 bridgehead atoms. The van der Waals surface area contributed by atoms with Gasteiger partial charge in [0.15, 0.2) is 5.58 Å². The zero-order chi connectivity index (χ0) is 20.7. The number of hydrogen-bond acceptors (Lipinski definition) is 4. The molecule has 30 heavy (non-hydrogen) atoms. The van der Waals surface area contributed by atoms with Crippen LogP contribution in [0, 0.1) is 6.92 Å². The molecule has 3 heterocycles. The van der Waals surface area contributed by atoms with Crippen LogP contribution < -0.4 is 10.9 Å². The fraction of sp³-hybridized carbons (Fsp3) is 0.348. The van der Waals surface area contributed by atoms with Gasteiger partial charge in [-0.3, -0.25) is 14.0 Å². The number of carbonyl (C=O) groups excluding carboxylic acids is 1. The molecule has 1 aliphatic rings. The van der Waals surface area contributed by atoms with E-state index in [2.05, 4.69) is 28.6 Å². The fourth-order valence-corrected chi connectivity index (χ4v) is 4.54. The van der Waals surface area contributed by atoms with Crippen molar-refractivity contribution in [2.75, 3.05) is 0 Å². The molecule has 3 aromatic heterocycles. The maximum Gasteiger partial charge on any atom is 0.291 e. The Balaban J connectivity index is 1.26. The van der Waals surface area contributed by atoms with Gasteiger partial charge in [-0.15, -0.1) is 0 Å². The van der Waals surface area contributed by atoms with Crippen LogP contribution in [0.4, 0.5) is 0 Å². The molecule has 0 saturated heterocycles. The Hall–Kier alpha value is -3.35. The average Bonchev–Trinajstić information content (AvgIpc) is 3.33. The highest BCUT2D eigenvalue weighted by molar-refractivity contribution is 5.82. The normalized spacial score (nSPS) is 16.1. The Morgan fingerprint density at radius 2 is 2.13 bits per heavy atom. The second kappa shape index (κ2) is 7.48. The monoisotopic (exact) mass is 404 g/mol. The van der Waals surface area contributed by atoms with Crippen LogP contribution in [0.3, 0.4) is 0 Å². The van der Waals surface area contributed by atoms with E-state index in [0.29, 0.717) is 36.3 Å². The predicted molar refractivity (Wildman–Crippen MR) is 113 cm³/mol. The lowest BCUT2D eigenvalue weighted by molar-refractivity contribution is -0.122. The van der Waals surface area contributed by atoms with Gasteiger partial charge < -0.3 is 9.73 Å². The summed E-state index contributed by atoms with van der Waals surface area (Å²) < 4.78 is 8.67. The molecule has 1 aromatic carbocycles. The molecule has 4 aromatic rings. The first kappa shape index (κ1) is 18.7. The highest BCUT2D eigenvalue weighted by Crippen LogP contribution is 2.29. The van der Waals surface area contributed by atoms with Crippen molar-refractivity contribution in [3.8, 4) is 0 Å². The number of rotatable bonds is 5. The van der Waals surface area contributed by atoms with E-state index >= 15 is 0 Å². The summed E-state index contributed by atoms with van der Waals surface area (Å²) in [5, 5.41) is 7.61. The van der Waals surface area contributed by atoms with Gasteiger partial charge >= 0.3 is 0 Å². The number of aryl methyl sites for hydroxylation is 3. The number of hydrogen-bond donors (Lipinski definition) is 1. The summed E-state index contributed by atoms with van der Waals surface area (Å²) in [5.74, 6) is 0.729. The van der Waals surface area contributed by atoms with E-state index < -0.39 is 0 Å². The Kier molecular flexibility index (Phi) is 4.65. The smallest absolute Gasteiger partial charge is 0.291 e. The third-order valence-corrected chi connectivity index (χ3v) is 5.94. The summed E-state index contributed by atoms with van der Waals surface area (Å²) in [6.07, 6.45) is 5.64. The van der Waals surface area contributed by atoms with E-state index in [1.807, 2.05) is 23.5 Å². The van der Waals surface area contributed by atoms with Crippen LogP contribution in [0.2, 0.25) is 0 Å². The van der Waals surface area contributed by atoms with Gasteiger partial charge in [0.2, 0.25) is 5.91 Å². The first-order chi connectivity index (χ1) is 14.6. The number of nitrogens with zero attached hydrogens (tertiary/aromatic N) is 3. The van der Waals surface area contributed by atoms with Crippen molar-refractivity contribution >= 4 is 22.5 Å². The van der Waals surface area contributed by atoms with Gasteiger partial charge in [0, 0.05) is 25.1 Å². The van der Waals surface area contributed by atoms with E-state index in [-0.39, 0.29) is 17.5 Å². The average molecular weight is 404 g/mol. The predicted octanol–water partition coefficient (Wildman–Crippen LogP) is 3.52. The zero-order valence-corrected chi connectivity index (χ0v) is 16.9. The van der Waals surface area contributed by atoms with Crippen molar-refractivity contribution in [3.05, 3.63) is 70.0 Å². The van der Waals surface area contributed by atoms with E-state index in [1.54, 1.807) is 12.3 Å². The minimum Gasteiger partial charge on any atom is -0.463 e. The molecule has 154 valence electrons. The molecule has 7 nitrogen and oxygen atoms in total. The van der Waals surface area contributed by atoms with Crippen molar-refractivity contribution in [2.24, 2.45) is 0 Å². The second-order valence-electron chi connectivity index (χ2n) is 7.93. The van der Waals surface area contributed by atoms with E-state index in [0.717, 1.165) is 24.8 Å². The van der Waals surface area contributed by atoms with Gasteiger partial charge in [-0.1, -0.05) is 24.3 Å². The van der Waals surface area contributed by atoms with Gasteiger partial charge in [0.1, 0.15) is 11.3 Å². The summed E-state index contributed by atoms with van der Waals surface area (Å²) >= 11 is 0. The first-order valence-electron chi connectivity index (χ1n) is 10.5. The van der Waals surface area contributed by atoms with Crippen LogP contribution in [0.25, 0.3) is 16.6 Å². The quantitative estimate of drug-likeness (QED) is 0.552. The number of amides is 1. The molecule has 1 N–H and O–H groups in total. The van der Waals surface area contributed by atoms with Crippen molar-refractivity contribution in [3.63, 3.8) is 0 Å². The first-order valence-corrected chi connectivity index (χ1v) is 10.5. The Morgan fingerprint density at radius 1 is 1.27 bits per heavy atom. The largest absolute Gasteiger partial charge is 0.463 e. The zero-order valence-electron chi connectivity index (χ0n) is 16.9. The SMILES string of the molecule is Cc1nn(CCCC(=O)N[C@H]2CCCc3ccccc32)c(=O)c2cc3occc3n12. The number of benzene rings is 1. The third-order valence-electron chi connectivity index (χ3n) is 5.94. The lowest BCUT2D eigenvalue weighted by Gasteiger charge is -2.26.